The third kappa shape index (κ3) is 7.65. The van der Waals surface area contributed by atoms with E-state index in [1.54, 1.807) is 32.9 Å². The molecule has 0 aliphatic carbocycles. The molecule has 2 atom stereocenters. The molecule has 1 aromatic rings. The maximum atomic E-state index is 11.9. The molecule has 0 bridgehead atoms. The third-order valence-electron chi connectivity index (χ3n) is 2.88. The van der Waals surface area contributed by atoms with Gasteiger partial charge >= 0.3 is 11.9 Å². The molecule has 0 heterocycles. The number of carbonyl (C=O) groups excluding carboxylic acids is 1. The molecule has 23 heavy (non-hydrogen) atoms. The smallest absolute Gasteiger partial charge is 0.321 e. The minimum atomic E-state index is -0.995. The summed E-state index contributed by atoms with van der Waals surface area (Å²) in [5, 5.41) is 21.4. The van der Waals surface area contributed by atoms with Crippen LogP contribution in [0.4, 0.5) is 0 Å². The quantitative estimate of drug-likeness (QED) is 0.345. The number of phenolic OH excluding ortho intramolecular Hbond substituents is 1. The number of phenols is 1. The van der Waals surface area contributed by atoms with Crippen LogP contribution in [0.25, 0.3) is 0 Å². The zero-order chi connectivity index (χ0) is 17.6. The minimum absolute atomic E-state index is 0.130. The van der Waals surface area contributed by atoms with Crippen molar-refractivity contribution < 1.29 is 24.5 Å². The number of alkyl halides is 1. The first kappa shape index (κ1) is 19.7. The highest BCUT2D eigenvalue weighted by Crippen LogP contribution is 2.14. The van der Waals surface area contributed by atoms with Crippen molar-refractivity contribution in [1.29, 1.82) is 0 Å². The molecule has 1 unspecified atom stereocenters. The number of aliphatic carboxylic acids is 1. The molecule has 0 aliphatic heterocycles. The van der Waals surface area contributed by atoms with E-state index in [2.05, 4.69) is 5.32 Å². The van der Waals surface area contributed by atoms with Gasteiger partial charge in [-0.3, -0.25) is 9.59 Å². The van der Waals surface area contributed by atoms with Crippen LogP contribution in [-0.4, -0.2) is 44.3 Å². The van der Waals surface area contributed by atoms with Gasteiger partial charge in [-0.25, -0.2) is 0 Å². The van der Waals surface area contributed by atoms with Crippen LogP contribution in [-0.2, 0) is 20.7 Å². The Morgan fingerprint density at radius 3 is 2.30 bits per heavy atom. The first-order chi connectivity index (χ1) is 10.6. The van der Waals surface area contributed by atoms with E-state index >= 15 is 0 Å². The van der Waals surface area contributed by atoms with Crippen molar-refractivity contribution in [1.82, 2.24) is 5.32 Å². The SMILES string of the molecule is CC(C)(C)OC(=O)C(I)CN[C@@H](Cc1ccc(O)cc1)C(=O)O. The van der Waals surface area contributed by atoms with Crippen LogP contribution in [0, 0.1) is 0 Å². The lowest BCUT2D eigenvalue weighted by Crippen LogP contribution is -2.43. The fourth-order valence-electron chi connectivity index (χ4n) is 1.81. The molecule has 0 fully saturated rings. The average Bonchev–Trinajstić information content (AvgIpc) is 2.42. The number of hydrogen-bond acceptors (Lipinski definition) is 5. The predicted molar refractivity (Wildman–Crippen MR) is 94.9 cm³/mol. The first-order valence-corrected chi connectivity index (χ1v) is 8.44. The summed E-state index contributed by atoms with van der Waals surface area (Å²) in [6.07, 6.45) is 0.257. The van der Waals surface area contributed by atoms with Gasteiger partial charge in [0.1, 0.15) is 21.3 Å². The standard InChI is InChI=1S/C16H22INO5/c1-16(2,3)23-15(22)12(17)9-18-13(14(20)21)8-10-4-6-11(19)7-5-10/h4-7,12-13,18-19H,8-9H2,1-3H3,(H,20,21)/t12?,13-/m0/s1. The average molecular weight is 435 g/mol. The van der Waals surface area contributed by atoms with Crippen molar-refractivity contribution in [2.45, 2.75) is 42.8 Å². The molecule has 1 rings (SSSR count). The van der Waals surface area contributed by atoms with Gasteiger partial charge in [-0.2, -0.15) is 0 Å². The topological polar surface area (TPSA) is 95.9 Å². The lowest BCUT2D eigenvalue weighted by atomic mass is 10.1. The Kier molecular flexibility index (Phi) is 7.27. The summed E-state index contributed by atoms with van der Waals surface area (Å²) in [6.45, 7) is 5.55. The van der Waals surface area contributed by atoms with E-state index < -0.39 is 21.5 Å². The molecular weight excluding hydrogens is 413 g/mol. The Labute approximate surface area is 149 Å². The number of halogens is 1. The largest absolute Gasteiger partial charge is 0.508 e. The Morgan fingerprint density at radius 2 is 1.83 bits per heavy atom. The number of carboxylic acid groups (broad SMARTS) is 1. The summed E-state index contributed by atoms with van der Waals surface area (Å²) in [5.41, 5.74) is 0.212. The van der Waals surface area contributed by atoms with E-state index in [1.807, 2.05) is 22.6 Å². The summed E-state index contributed by atoms with van der Waals surface area (Å²) in [5.74, 6) is -1.24. The Bertz CT molecular complexity index is 538. The fourth-order valence-corrected chi connectivity index (χ4v) is 2.19. The molecule has 0 aromatic heterocycles. The Hall–Kier alpha value is -1.35. The third-order valence-corrected chi connectivity index (χ3v) is 3.83. The fraction of sp³-hybridized carbons (Fsp3) is 0.500. The van der Waals surface area contributed by atoms with Crippen molar-refractivity contribution in [2.75, 3.05) is 6.54 Å². The molecule has 7 heteroatoms. The molecule has 6 nitrogen and oxygen atoms in total. The second-order valence-electron chi connectivity index (χ2n) is 6.17. The van der Waals surface area contributed by atoms with Crippen LogP contribution < -0.4 is 5.32 Å². The van der Waals surface area contributed by atoms with E-state index in [1.165, 1.54) is 12.1 Å². The van der Waals surface area contributed by atoms with E-state index in [9.17, 15) is 19.8 Å². The normalized spacial score (nSPS) is 14.1. The van der Waals surface area contributed by atoms with Crippen LogP contribution in [0.3, 0.4) is 0 Å². The van der Waals surface area contributed by atoms with Crippen LogP contribution in [0.5, 0.6) is 5.75 Å². The van der Waals surface area contributed by atoms with Crippen LogP contribution in [0.2, 0.25) is 0 Å². The van der Waals surface area contributed by atoms with Crippen LogP contribution in [0.1, 0.15) is 26.3 Å². The molecule has 0 spiro atoms. The van der Waals surface area contributed by atoms with Gasteiger partial charge < -0.3 is 20.3 Å². The minimum Gasteiger partial charge on any atom is -0.508 e. The number of aromatic hydroxyl groups is 1. The molecule has 0 radical (unpaired) electrons. The number of nitrogens with one attached hydrogen (secondary N) is 1. The van der Waals surface area contributed by atoms with Crippen molar-refractivity contribution >= 4 is 34.5 Å². The number of benzene rings is 1. The second-order valence-corrected chi connectivity index (χ2v) is 7.67. The van der Waals surface area contributed by atoms with Gasteiger partial charge in [0.2, 0.25) is 0 Å². The lowest BCUT2D eigenvalue weighted by Gasteiger charge is -2.22. The van der Waals surface area contributed by atoms with Gasteiger partial charge in [0.05, 0.1) is 0 Å². The molecule has 0 aliphatic rings. The monoisotopic (exact) mass is 435 g/mol. The van der Waals surface area contributed by atoms with Gasteiger partial charge in [0.25, 0.3) is 0 Å². The highest BCUT2D eigenvalue weighted by molar-refractivity contribution is 14.1. The first-order valence-electron chi connectivity index (χ1n) is 7.19. The zero-order valence-corrected chi connectivity index (χ0v) is 15.5. The highest BCUT2D eigenvalue weighted by atomic mass is 127. The molecule has 0 amide bonds. The molecular formula is C16H22INO5. The summed E-state index contributed by atoms with van der Waals surface area (Å²) < 4.78 is 4.78. The Morgan fingerprint density at radius 1 is 1.26 bits per heavy atom. The van der Waals surface area contributed by atoms with Gasteiger partial charge in [0.15, 0.2) is 0 Å². The van der Waals surface area contributed by atoms with E-state index in [0.717, 1.165) is 5.56 Å². The number of ether oxygens (including phenoxy) is 1. The maximum Gasteiger partial charge on any atom is 0.321 e. The van der Waals surface area contributed by atoms with Crippen molar-refractivity contribution in [3.63, 3.8) is 0 Å². The van der Waals surface area contributed by atoms with Gasteiger partial charge in [-0.15, -0.1) is 0 Å². The molecule has 0 saturated heterocycles. The molecule has 3 N–H and O–H groups in total. The second kappa shape index (κ2) is 8.49. The van der Waals surface area contributed by atoms with Crippen LogP contribution >= 0.6 is 22.6 Å². The number of carbonyl (C=O) groups is 2. The lowest BCUT2D eigenvalue weighted by molar-refractivity contribution is -0.153. The van der Waals surface area contributed by atoms with Gasteiger partial charge in [-0.05, 0) is 44.9 Å². The molecule has 128 valence electrons. The maximum absolute atomic E-state index is 11.9. The zero-order valence-electron chi connectivity index (χ0n) is 13.4. The number of carboxylic acids is 1. The number of rotatable bonds is 7. The van der Waals surface area contributed by atoms with Gasteiger partial charge in [0, 0.05) is 6.54 Å². The van der Waals surface area contributed by atoms with Gasteiger partial charge in [-0.1, -0.05) is 34.7 Å². The van der Waals surface area contributed by atoms with Crippen LogP contribution in [0.15, 0.2) is 24.3 Å². The molecule has 1 aromatic carbocycles. The predicted octanol–water partition coefficient (Wildman–Crippen LogP) is 2.12. The van der Waals surface area contributed by atoms with Crippen molar-refractivity contribution in [3.05, 3.63) is 29.8 Å². The van der Waals surface area contributed by atoms with Crippen molar-refractivity contribution in [3.8, 4) is 5.75 Å². The van der Waals surface area contributed by atoms with E-state index in [4.69, 9.17) is 4.74 Å². The summed E-state index contributed by atoms with van der Waals surface area (Å²) in [4.78, 5) is 23.2. The summed E-state index contributed by atoms with van der Waals surface area (Å²) in [6, 6.07) is 5.54. The molecule has 0 saturated carbocycles. The van der Waals surface area contributed by atoms with Crippen molar-refractivity contribution in [2.24, 2.45) is 0 Å². The summed E-state index contributed by atoms with van der Waals surface area (Å²) >= 11 is 1.94. The summed E-state index contributed by atoms with van der Waals surface area (Å²) in [7, 11) is 0. The highest BCUT2D eigenvalue weighted by Gasteiger charge is 2.25. The van der Waals surface area contributed by atoms with E-state index in [-0.39, 0.29) is 24.7 Å². The Balaban J connectivity index is 2.58. The number of hydrogen-bond donors (Lipinski definition) is 3. The van der Waals surface area contributed by atoms with E-state index in [0.29, 0.717) is 0 Å². The number of esters is 1.